The highest BCUT2D eigenvalue weighted by molar-refractivity contribution is 5.83. The second-order valence-corrected chi connectivity index (χ2v) is 7.73. The molecule has 28 heavy (non-hydrogen) atoms. The number of para-hydroxylation sites is 1. The lowest BCUT2D eigenvalue weighted by Crippen LogP contribution is -2.49. The highest BCUT2D eigenvalue weighted by Gasteiger charge is 2.28. The van der Waals surface area contributed by atoms with Crippen LogP contribution in [0.2, 0.25) is 0 Å². The summed E-state index contributed by atoms with van der Waals surface area (Å²) in [6.45, 7) is 5.28. The maximum Gasteiger partial charge on any atom is 0.193 e. The number of rotatable bonds is 5. The van der Waals surface area contributed by atoms with Crippen molar-refractivity contribution in [1.82, 2.24) is 24.8 Å². The van der Waals surface area contributed by atoms with Crippen molar-refractivity contribution in [3.05, 3.63) is 54.7 Å². The zero-order valence-corrected chi connectivity index (χ0v) is 16.8. The van der Waals surface area contributed by atoms with Gasteiger partial charge in [0.1, 0.15) is 0 Å². The summed E-state index contributed by atoms with van der Waals surface area (Å²) < 4.78 is 2.24. The Labute approximate surface area is 166 Å². The molecule has 0 spiro atoms. The first-order chi connectivity index (χ1) is 13.8. The second-order valence-electron chi connectivity index (χ2n) is 7.73. The molecular weight excluding hydrogens is 348 g/mol. The third-order valence-corrected chi connectivity index (χ3v) is 5.92. The molecule has 4 rings (SSSR count). The number of likely N-dealkylation sites (tertiary alicyclic amines) is 1. The first kappa shape index (κ1) is 18.6. The van der Waals surface area contributed by atoms with Gasteiger partial charge in [0.25, 0.3) is 0 Å². The zero-order valence-electron chi connectivity index (χ0n) is 16.8. The smallest absolute Gasteiger partial charge is 0.193 e. The second kappa shape index (κ2) is 8.50. The molecule has 2 N–H and O–H groups in total. The molecule has 0 saturated carbocycles. The molecule has 0 radical (unpaired) electrons. The third kappa shape index (κ3) is 3.91. The molecule has 2 atom stereocenters. The van der Waals surface area contributed by atoms with Crippen LogP contribution in [0.15, 0.2) is 54.2 Å². The van der Waals surface area contributed by atoms with Gasteiger partial charge in [0.2, 0.25) is 0 Å². The Kier molecular flexibility index (Phi) is 5.65. The standard InChI is InChI=1S/C22H30N6/c1-17-9-12-27(15-21(17)28-13-11-24-16-28)22(23-2)25-10-5-6-18-14-26-20-8-4-3-7-19(18)20/h3-4,7-8,11,13-14,16-17,21,26H,5-6,9-10,12,15H2,1-2H3,(H,23,25). The maximum atomic E-state index is 4.54. The summed E-state index contributed by atoms with van der Waals surface area (Å²) in [5.74, 6) is 1.65. The Bertz CT molecular complexity index is 910. The highest BCUT2D eigenvalue weighted by Crippen LogP contribution is 2.27. The number of nitrogens with zero attached hydrogens (tertiary/aromatic N) is 4. The number of aryl methyl sites for hydroxylation is 1. The quantitative estimate of drug-likeness (QED) is 0.406. The van der Waals surface area contributed by atoms with Crippen LogP contribution in [0.1, 0.15) is 31.4 Å². The van der Waals surface area contributed by atoms with E-state index in [4.69, 9.17) is 0 Å². The summed E-state index contributed by atoms with van der Waals surface area (Å²) in [4.78, 5) is 14.5. The normalized spacial score (nSPS) is 20.6. The Hall–Kier alpha value is -2.76. The largest absolute Gasteiger partial charge is 0.361 e. The molecule has 1 saturated heterocycles. The zero-order chi connectivity index (χ0) is 19.3. The van der Waals surface area contributed by atoms with Gasteiger partial charge in [-0.1, -0.05) is 25.1 Å². The fourth-order valence-corrected chi connectivity index (χ4v) is 4.24. The van der Waals surface area contributed by atoms with Crippen molar-refractivity contribution < 1.29 is 0 Å². The molecule has 1 aliphatic heterocycles. The van der Waals surface area contributed by atoms with Crippen molar-refractivity contribution in [3.8, 4) is 0 Å². The number of aromatic nitrogens is 3. The fourth-order valence-electron chi connectivity index (χ4n) is 4.24. The van der Waals surface area contributed by atoms with E-state index in [1.54, 1.807) is 0 Å². The van der Waals surface area contributed by atoms with Gasteiger partial charge < -0.3 is 19.8 Å². The highest BCUT2D eigenvalue weighted by atomic mass is 15.3. The minimum absolute atomic E-state index is 0.445. The van der Waals surface area contributed by atoms with E-state index < -0.39 is 0 Å². The van der Waals surface area contributed by atoms with Crippen LogP contribution < -0.4 is 5.32 Å². The average molecular weight is 379 g/mol. The van der Waals surface area contributed by atoms with E-state index >= 15 is 0 Å². The molecule has 1 aliphatic rings. The Morgan fingerprint density at radius 1 is 1.36 bits per heavy atom. The van der Waals surface area contributed by atoms with Crippen LogP contribution in [-0.2, 0) is 6.42 Å². The molecule has 1 fully saturated rings. The molecule has 0 amide bonds. The summed E-state index contributed by atoms with van der Waals surface area (Å²) in [5.41, 5.74) is 2.61. The lowest BCUT2D eigenvalue weighted by atomic mass is 9.93. The Balaban J connectivity index is 1.31. The summed E-state index contributed by atoms with van der Waals surface area (Å²) >= 11 is 0. The fraction of sp³-hybridized carbons (Fsp3) is 0.455. The van der Waals surface area contributed by atoms with Crippen molar-refractivity contribution in [3.63, 3.8) is 0 Å². The lowest BCUT2D eigenvalue weighted by Gasteiger charge is -2.39. The number of aliphatic imine (C=N–C) groups is 1. The topological polar surface area (TPSA) is 61.2 Å². The van der Waals surface area contributed by atoms with Gasteiger partial charge in [-0.25, -0.2) is 4.98 Å². The molecule has 3 aromatic rings. The van der Waals surface area contributed by atoms with E-state index in [1.807, 2.05) is 19.6 Å². The molecule has 6 nitrogen and oxygen atoms in total. The van der Waals surface area contributed by atoms with Gasteiger partial charge >= 0.3 is 0 Å². The Morgan fingerprint density at radius 2 is 2.25 bits per heavy atom. The average Bonchev–Trinajstić information content (AvgIpc) is 3.39. The van der Waals surface area contributed by atoms with Crippen molar-refractivity contribution in [2.24, 2.45) is 10.9 Å². The molecule has 148 valence electrons. The minimum atomic E-state index is 0.445. The summed E-state index contributed by atoms with van der Waals surface area (Å²) in [5, 5.41) is 4.90. The summed E-state index contributed by atoms with van der Waals surface area (Å²) in [7, 11) is 1.88. The van der Waals surface area contributed by atoms with Gasteiger partial charge in [-0.2, -0.15) is 0 Å². The number of fused-ring (bicyclic) bond motifs is 1. The van der Waals surface area contributed by atoms with Crippen molar-refractivity contribution in [2.75, 3.05) is 26.7 Å². The third-order valence-electron chi connectivity index (χ3n) is 5.92. The molecule has 2 unspecified atom stereocenters. The van der Waals surface area contributed by atoms with E-state index in [1.165, 1.54) is 22.9 Å². The number of H-pyrrole nitrogens is 1. The van der Waals surface area contributed by atoms with Gasteiger partial charge in [-0.15, -0.1) is 0 Å². The number of hydrogen-bond donors (Lipinski definition) is 2. The van der Waals surface area contributed by atoms with Crippen LogP contribution in [0, 0.1) is 5.92 Å². The molecule has 0 aliphatic carbocycles. The molecule has 1 aromatic carbocycles. The number of piperidine rings is 1. The van der Waals surface area contributed by atoms with Gasteiger partial charge in [0.05, 0.1) is 12.4 Å². The van der Waals surface area contributed by atoms with E-state index in [2.05, 4.69) is 73.3 Å². The SMILES string of the molecule is CN=C(NCCCc1c[nH]c2ccccc12)N1CCC(C)C(n2ccnc2)C1. The van der Waals surface area contributed by atoms with Crippen molar-refractivity contribution in [2.45, 2.75) is 32.2 Å². The van der Waals surface area contributed by atoms with E-state index in [-0.39, 0.29) is 0 Å². The summed E-state index contributed by atoms with van der Waals surface area (Å²) in [6.07, 6.45) is 11.3. The molecule has 2 aromatic heterocycles. The van der Waals surface area contributed by atoms with Crippen LogP contribution in [0.4, 0.5) is 0 Å². The van der Waals surface area contributed by atoms with Crippen LogP contribution in [0.25, 0.3) is 10.9 Å². The first-order valence-electron chi connectivity index (χ1n) is 10.2. The van der Waals surface area contributed by atoms with E-state index in [0.717, 1.165) is 38.4 Å². The van der Waals surface area contributed by atoms with E-state index in [0.29, 0.717) is 12.0 Å². The monoisotopic (exact) mass is 378 g/mol. The number of nitrogens with one attached hydrogen (secondary N) is 2. The molecule has 3 heterocycles. The lowest BCUT2D eigenvalue weighted by molar-refractivity contribution is 0.189. The predicted molar refractivity (Wildman–Crippen MR) is 115 cm³/mol. The van der Waals surface area contributed by atoms with Gasteiger partial charge in [-0.05, 0) is 36.8 Å². The van der Waals surface area contributed by atoms with Gasteiger partial charge in [0.15, 0.2) is 5.96 Å². The molecule has 0 bridgehead atoms. The summed E-state index contributed by atoms with van der Waals surface area (Å²) in [6, 6.07) is 8.95. The number of guanidine groups is 1. The van der Waals surface area contributed by atoms with Crippen LogP contribution in [0.5, 0.6) is 0 Å². The number of imidazole rings is 1. The molecular formula is C22H30N6. The van der Waals surface area contributed by atoms with Gasteiger partial charge in [0, 0.05) is 56.2 Å². The number of hydrogen-bond acceptors (Lipinski definition) is 2. The predicted octanol–water partition coefficient (Wildman–Crippen LogP) is 3.46. The van der Waals surface area contributed by atoms with Crippen LogP contribution in [0.3, 0.4) is 0 Å². The van der Waals surface area contributed by atoms with E-state index in [9.17, 15) is 0 Å². The maximum absolute atomic E-state index is 4.54. The van der Waals surface area contributed by atoms with Gasteiger partial charge in [-0.3, -0.25) is 4.99 Å². The van der Waals surface area contributed by atoms with Crippen molar-refractivity contribution in [1.29, 1.82) is 0 Å². The van der Waals surface area contributed by atoms with Crippen molar-refractivity contribution >= 4 is 16.9 Å². The van der Waals surface area contributed by atoms with Crippen LogP contribution in [-0.4, -0.2) is 52.1 Å². The van der Waals surface area contributed by atoms with Crippen LogP contribution >= 0.6 is 0 Å². The minimum Gasteiger partial charge on any atom is -0.361 e. The number of benzene rings is 1. The first-order valence-corrected chi connectivity index (χ1v) is 10.2. The number of aromatic amines is 1. The Morgan fingerprint density at radius 3 is 3.07 bits per heavy atom. The molecule has 6 heteroatoms.